The molecule has 0 heterocycles. The number of ketones is 2. The highest BCUT2D eigenvalue weighted by molar-refractivity contribution is 5.84. The van der Waals surface area contributed by atoms with Gasteiger partial charge in [-0.25, -0.2) is 4.79 Å². The van der Waals surface area contributed by atoms with Crippen LogP contribution in [0.25, 0.3) is 0 Å². The number of rotatable bonds is 39. The largest absolute Gasteiger partial charge is 0.481 e. The highest BCUT2D eigenvalue weighted by Crippen LogP contribution is 2.14. The van der Waals surface area contributed by atoms with Gasteiger partial charge in [-0.2, -0.15) is 0 Å². The number of hydrogen-bond acceptors (Lipinski definition) is 10. The third-order valence-corrected chi connectivity index (χ3v) is 7.99. The zero-order valence-corrected chi connectivity index (χ0v) is 31.1. The predicted octanol–water partition coefficient (Wildman–Crippen LogP) is 4.78. The molecular weight excluding hydrogens is 664 g/mol. The Morgan fingerprint density at radius 2 is 1.00 bits per heavy atom. The normalized spacial score (nSPS) is 11.6. The van der Waals surface area contributed by atoms with Crippen molar-refractivity contribution in [3.63, 3.8) is 0 Å². The number of Topliss-reactive ketones (excluding diaryl/α,β-unsaturated/α-hetero) is 2. The number of carbonyl (C=O) groups excluding carboxylic acids is 4. The van der Waals surface area contributed by atoms with Crippen LogP contribution in [-0.2, 0) is 47.7 Å². The first-order chi connectivity index (χ1) is 24.6. The van der Waals surface area contributed by atoms with Crippen LogP contribution in [0.2, 0.25) is 0 Å². The summed E-state index contributed by atoms with van der Waals surface area (Å²) in [6.07, 6.45) is 16.6. The lowest BCUT2D eigenvalue weighted by Gasteiger charge is -2.14. The van der Waals surface area contributed by atoms with E-state index in [4.69, 9.17) is 24.1 Å². The van der Waals surface area contributed by atoms with Gasteiger partial charge in [0, 0.05) is 38.8 Å². The van der Waals surface area contributed by atoms with Crippen LogP contribution in [0.1, 0.15) is 135 Å². The fourth-order valence-corrected chi connectivity index (χ4v) is 5.14. The smallest absolute Gasteiger partial charge is 0.326 e. The lowest BCUT2D eigenvalue weighted by molar-refractivity contribution is -0.142. The zero-order valence-electron chi connectivity index (χ0n) is 31.1. The van der Waals surface area contributed by atoms with Crippen molar-refractivity contribution in [1.82, 2.24) is 10.6 Å². The van der Waals surface area contributed by atoms with Gasteiger partial charge in [-0.15, -0.1) is 0 Å². The number of ether oxygens (including phenoxy) is 4. The molecule has 0 aliphatic rings. The first-order valence-electron chi connectivity index (χ1n) is 18.9. The van der Waals surface area contributed by atoms with Crippen LogP contribution >= 0.6 is 0 Å². The monoisotopic (exact) mass is 730 g/mol. The molecule has 14 nitrogen and oxygen atoms in total. The molecule has 0 saturated heterocycles. The van der Waals surface area contributed by atoms with Crippen molar-refractivity contribution in [2.75, 3.05) is 59.4 Å². The van der Waals surface area contributed by atoms with Crippen molar-refractivity contribution in [1.29, 1.82) is 0 Å². The summed E-state index contributed by atoms with van der Waals surface area (Å²) in [7, 11) is 0. The molecule has 0 aromatic heterocycles. The summed E-state index contributed by atoms with van der Waals surface area (Å²) in [4.78, 5) is 69.1. The minimum absolute atomic E-state index is 0.0468. The maximum Gasteiger partial charge on any atom is 0.326 e. The number of carboxylic acids is 2. The van der Waals surface area contributed by atoms with Gasteiger partial charge in [0.1, 0.15) is 25.0 Å². The molecule has 0 aromatic rings. The number of amides is 2. The first-order valence-corrected chi connectivity index (χ1v) is 18.9. The molecule has 4 N–H and O–H groups in total. The standard InChI is InChI=1S/C37H66N2O12/c1-31(40)29-50-27-26-49-24-22-38-35(43)30-51-28-25-48-23-16-17-32(41)20-21-33(37(46)47)39-34(42)18-14-12-10-8-6-4-2-3-5-7-9-11-13-15-19-36(44)45/h33H,2-30H2,1H3,(H,38,43)(H,39,42)(H,44,45)(H,46,47)/t33-/m0/s1. The van der Waals surface area contributed by atoms with Gasteiger partial charge in [0.05, 0.1) is 33.0 Å². The van der Waals surface area contributed by atoms with Crippen LogP contribution in [0.3, 0.4) is 0 Å². The van der Waals surface area contributed by atoms with Crippen molar-refractivity contribution < 1.29 is 57.9 Å². The Bertz CT molecular complexity index is 947. The molecule has 0 radical (unpaired) electrons. The molecule has 2 amide bonds. The molecule has 0 aromatic carbocycles. The molecule has 0 saturated carbocycles. The molecule has 51 heavy (non-hydrogen) atoms. The highest BCUT2D eigenvalue weighted by Gasteiger charge is 2.20. The molecular formula is C37H66N2O12. The topological polar surface area (TPSA) is 204 Å². The number of aliphatic carboxylic acids is 2. The summed E-state index contributed by atoms with van der Waals surface area (Å²) < 4.78 is 21.0. The molecule has 0 rings (SSSR count). The maximum absolute atomic E-state index is 12.3. The second-order valence-electron chi connectivity index (χ2n) is 12.9. The van der Waals surface area contributed by atoms with Gasteiger partial charge in [0.15, 0.2) is 5.78 Å². The lowest BCUT2D eigenvalue weighted by atomic mass is 10.0. The van der Waals surface area contributed by atoms with Crippen molar-refractivity contribution in [3.05, 3.63) is 0 Å². The molecule has 14 heteroatoms. The Morgan fingerprint density at radius 3 is 1.53 bits per heavy atom. The number of carbonyl (C=O) groups is 6. The summed E-state index contributed by atoms with van der Waals surface area (Å²) >= 11 is 0. The number of hydrogen-bond donors (Lipinski definition) is 4. The summed E-state index contributed by atoms with van der Waals surface area (Å²) in [6, 6.07) is -1.09. The Labute approximate surface area is 304 Å². The Kier molecular flexibility index (Phi) is 33.4. The van der Waals surface area contributed by atoms with E-state index >= 15 is 0 Å². The Morgan fingerprint density at radius 1 is 0.510 bits per heavy atom. The van der Waals surface area contributed by atoms with E-state index in [2.05, 4.69) is 10.6 Å². The first kappa shape index (κ1) is 48.1. The van der Waals surface area contributed by atoms with Gasteiger partial charge >= 0.3 is 11.9 Å². The van der Waals surface area contributed by atoms with Crippen molar-refractivity contribution in [3.8, 4) is 0 Å². The zero-order chi connectivity index (χ0) is 37.8. The number of nitrogens with one attached hydrogen (secondary N) is 2. The molecule has 0 bridgehead atoms. The van der Waals surface area contributed by atoms with Gasteiger partial charge in [-0.1, -0.05) is 77.0 Å². The molecule has 296 valence electrons. The van der Waals surface area contributed by atoms with Crippen molar-refractivity contribution >= 4 is 35.3 Å². The van der Waals surface area contributed by atoms with E-state index in [1.165, 1.54) is 51.9 Å². The average molecular weight is 731 g/mol. The second kappa shape index (κ2) is 35.5. The van der Waals surface area contributed by atoms with Crippen LogP contribution in [0.15, 0.2) is 0 Å². The van der Waals surface area contributed by atoms with Gasteiger partial charge in [-0.05, 0) is 32.6 Å². The number of unbranched alkanes of at least 4 members (excludes halogenated alkanes) is 13. The molecule has 0 spiro atoms. The van der Waals surface area contributed by atoms with E-state index in [1.54, 1.807) is 0 Å². The van der Waals surface area contributed by atoms with Gasteiger partial charge in [0.25, 0.3) is 0 Å². The summed E-state index contributed by atoms with van der Waals surface area (Å²) in [5.74, 6) is -2.59. The SMILES string of the molecule is CC(=O)COCCOCCNC(=O)COCCOCCCC(=O)CC[C@H](NC(=O)CCCCCCCCCCCCCCCCC(=O)O)C(=O)O. The van der Waals surface area contributed by atoms with Crippen molar-refractivity contribution in [2.24, 2.45) is 0 Å². The quantitative estimate of drug-likeness (QED) is 0.0631. The Balaban J connectivity index is 3.66. The molecule has 0 unspecified atom stereocenters. The predicted molar refractivity (Wildman–Crippen MR) is 192 cm³/mol. The fraction of sp³-hybridized carbons (Fsp3) is 0.838. The Hall–Kier alpha value is -2.94. The van der Waals surface area contributed by atoms with E-state index in [1.807, 2.05) is 0 Å². The van der Waals surface area contributed by atoms with E-state index in [0.29, 0.717) is 45.8 Å². The fourth-order valence-electron chi connectivity index (χ4n) is 5.14. The molecule has 0 aliphatic carbocycles. The minimum atomic E-state index is -1.15. The average Bonchev–Trinajstić information content (AvgIpc) is 3.08. The molecule has 0 fully saturated rings. The third-order valence-electron chi connectivity index (χ3n) is 7.99. The molecule has 0 aliphatic heterocycles. The number of carboxylic acid groups (broad SMARTS) is 2. The van der Waals surface area contributed by atoms with Crippen LogP contribution < -0.4 is 10.6 Å². The summed E-state index contributed by atoms with van der Waals surface area (Å²) in [6.45, 7) is 3.47. The third kappa shape index (κ3) is 36.6. The van der Waals surface area contributed by atoms with E-state index in [9.17, 15) is 33.9 Å². The maximum atomic E-state index is 12.3. The van der Waals surface area contributed by atoms with Crippen molar-refractivity contribution in [2.45, 2.75) is 141 Å². The molecule has 1 atom stereocenters. The minimum Gasteiger partial charge on any atom is -0.481 e. The van der Waals surface area contributed by atoms with Gasteiger partial charge in [0.2, 0.25) is 11.8 Å². The van der Waals surface area contributed by atoms with Crippen LogP contribution in [0.4, 0.5) is 0 Å². The van der Waals surface area contributed by atoms with Crippen LogP contribution in [0, 0.1) is 0 Å². The summed E-state index contributed by atoms with van der Waals surface area (Å²) in [5, 5.41) is 23.3. The van der Waals surface area contributed by atoms with E-state index in [0.717, 1.165) is 38.5 Å². The van der Waals surface area contributed by atoms with Gasteiger partial charge < -0.3 is 39.8 Å². The summed E-state index contributed by atoms with van der Waals surface area (Å²) in [5.41, 5.74) is 0. The van der Waals surface area contributed by atoms with Gasteiger partial charge in [-0.3, -0.25) is 24.0 Å². The van der Waals surface area contributed by atoms with Crippen LogP contribution in [-0.4, -0.2) is 111 Å². The van der Waals surface area contributed by atoms with Crippen LogP contribution in [0.5, 0.6) is 0 Å². The second-order valence-corrected chi connectivity index (χ2v) is 12.9. The lowest BCUT2D eigenvalue weighted by Crippen LogP contribution is -2.41. The van der Waals surface area contributed by atoms with E-state index < -0.39 is 18.0 Å². The van der Waals surface area contributed by atoms with E-state index in [-0.39, 0.29) is 81.9 Å². The highest BCUT2D eigenvalue weighted by atomic mass is 16.5.